The number of aromatic hydroxyl groups is 2. The molecule has 0 radical (unpaired) electrons. The van der Waals surface area contributed by atoms with Crippen LogP contribution in [0, 0.1) is 11.8 Å². The van der Waals surface area contributed by atoms with Crippen molar-refractivity contribution in [3.8, 4) is 23.3 Å². The minimum Gasteiger partial charge on any atom is -0.504 e. The molecule has 0 aliphatic heterocycles. The van der Waals surface area contributed by atoms with Crippen LogP contribution in [0.25, 0.3) is 0 Å². The summed E-state index contributed by atoms with van der Waals surface area (Å²) in [4.78, 5) is 0. The molecule has 0 atom stereocenters. The fourth-order valence-corrected chi connectivity index (χ4v) is 0.754. The Morgan fingerprint density at radius 2 is 2.00 bits per heavy atom. The molecule has 1 aromatic rings. The van der Waals surface area contributed by atoms with Gasteiger partial charge in [0.15, 0.2) is 11.5 Å². The highest BCUT2D eigenvalue weighted by Crippen LogP contribution is 2.24. The molecule has 62 valence electrons. The van der Waals surface area contributed by atoms with E-state index in [1.807, 2.05) is 0 Å². The highest BCUT2D eigenvalue weighted by Gasteiger charge is 1.96. The van der Waals surface area contributed by atoms with E-state index in [-0.39, 0.29) is 18.0 Å². The Balaban J connectivity index is 2.97. The lowest BCUT2D eigenvalue weighted by molar-refractivity contribution is 0.403. The largest absolute Gasteiger partial charge is 0.504 e. The average Bonchev–Trinajstić information content (AvgIpc) is 2.07. The van der Waals surface area contributed by atoms with Gasteiger partial charge in [0, 0.05) is 5.56 Å². The second-order valence-corrected chi connectivity index (χ2v) is 2.21. The molecule has 0 saturated heterocycles. The summed E-state index contributed by atoms with van der Waals surface area (Å²) in [6, 6.07) is 4.38. The topological polar surface area (TPSA) is 66.5 Å². The van der Waals surface area contributed by atoms with Gasteiger partial charge in [0.05, 0.1) is 6.54 Å². The lowest BCUT2D eigenvalue weighted by Crippen LogP contribution is -1.92. The first-order valence-electron chi connectivity index (χ1n) is 3.45. The molecule has 0 bridgehead atoms. The van der Waals surface area contributed by atoms with Gasteiger partial charge in [-0.2, -0.15) is 0 Å². The van der Waals surface area contributed by atoms with Crippen LogP contribution in [0.5, 0.6) is 11.5 Å². The third kappa shape index (κ3) is 1.91. The zero-order valence-electron chi connectivity index (χ0n) is 6.41. The quantitative estimate of drug-likeness (QED) is 0.383. The number of benzene rings is 1. The summed E-state index contributed by atoms with van der Waals surface area (Å²) in [5.41, 5.74) is 5.79. The number of hydrogen-bond donors (Lipinski definition) is 3. The van der Waals surface area contributed by atoms with Crippen LogP contribution in [-0.4, -0.2) is 16.8 Å². The van der Waals surface area contributed by atoms with Gasteiger partial charge in [-0.05, 0) is 18.2 Å². The van der Waals surface area contributed by atoms with Crippen LogP contribution in [0.3, 0.4) is 0 Å². The number of phenols is 2. The molecule has 3 nitrogen and oxygen atoms in total. The van der Waals surface area contributed by atoms with Gasteiger partial charge in [-0.25, -0.2) is 0 Å². The molecule has 0 aliphatic rings. The molecule has 1 rings (SSSR count). The first-order chi connectivity index (χ1) is 5.74. The van der Waals surface area contributed by atoms with Gasteiger partial charge in [0.2, 0.25) is 0 Å². The van der Waals surface area contributed by atoms with Gasteiger partial charge in [0.25, 0.3) is 0 Å². The van der Waals surface area contributed by atoms with E-state index in [1.165, 1.54) is 12.1 Å². The molecule has 1 aromatic carbocycles. The van der Waals surface area contributed by atoms with E-state index in [4.69, 9.17) is 15.9 Å². The Bertz CT molecular complexity index is 336. The summed E-state index contributed by atoms with van der Waals surface area (Å²) in [5, 5.41) is 18.0. The molecule has 12 heavy (non-hydrogen) atoms. The number of nitrogens with two attached hydrogens (primary N) is 1. The molecule has 0 fully saturated rings. The van der Waals surface area contributed by atoms with Crippen molar-refractivity contribution >= 4 is 0 Å². The summed E-state index contributed by atoms with van der Waals surface area (Å²) in [6.45, 7) is 0.279. The zero-order valence-corrected chi connectivity index (χ0v) is 6.41. The Morgan fingerprint density at radius 1 is 1.25 bits per heavy atom. The smallest absolute Gasteiger partial charge is 0.158 e. The second kappa shape index (κ2) is 3.65. The van der Waals surface area contributed by atoms with Gasteiger partial charge in [0.1, 0.15) is 0 Å². The fraction of sp³-hybridized carbons (Fsp3) is 0.111. The molecule has 0 saturated carbocycles. The molecule has 0 aliphatic carbocycles. The lowest BCUT2D eigenvalue weighted by atomic mass is 10.2. The van der Waals surface area contributed by atoms with Crippen molar-refractivity contribution in [3.05, 3.63) is 23.8 Å². The van der Waals surface area contributed by atoms with Crippen molar-refractivity contribution < 1.29 is 10.2 Å². The van der Waals surface area contributed by atoms with Crippen LogP contribution in [-0.2, 0) is 0 Å². The van der Waals surface area contributed by atoms with Crippen LogP contribution in [0.15, 0.2) is 18.2 Å². The van der Waals surface area contributed by atoms with E-state index >= 15 is 0 Å². The van der Waals surface area contributed by atoms with Gasteiger partial charge in [-0.1, -0.05) is 11.8 Å². The fourth-order valence-electron chi connectivity index (χ4n) is 0.754. The second-order valence-electron chi connectivity index (χ2n) is 2.21. The van der Waals surface area contributed by atoms with Gasteiger partial charge in [-0.15, -0.1) is 0 Å². The van der Waals surface area contributed by atoms with E-state index in [1.54, 1.807) is 6.07 Å². The maximum atomic E-state index is 9.05. The molecule has 0 spiro atoms. The molecule has 3 heteroatoms. The normalized spacial score (nSPS) is 8.75. The van der Waals surface area contributed by atoms with Crippen molar-refractivity contribution in [1.82, 2.24) is 0 Å². The van der Waals surface area contributed by atoms with Gasteiger partial charge < -0.3 is 15.9 Å². The standard InChI is InChI=1S/C9H9NO2/c10-5-1-2-7-3-4-8(11)9(12)6-7/h3-4,6,11-12H,5,10H2. The van der Waals surface area contributed by atoms with Crippen molar-refractivity contribution in [2.45, 2.75) is 0 Å². The maximum absolute atomic E-state index is 9.05. The maximum Gasteiger partial charge on any atom is 0.158 e. The molecule has 0 amide bonds. The van der Waals surface area contributed by atoms with Crippen molar-refractivity contribution in [3.63, 3.8) is 0 Å². The van der Waals surface area contributed by atoms with Crippen LogP contribution < -0.4 is 5.73 Å². The number of hydrogen-bond acceptors (Lipinski definition) is 3. The van der Waals surface area contributed by atoms with E-state index in [2.05, 4.69) is 11.8 Å². The lowest BCUT2D eigenvalue weighted by Gasteiger charge is -1.95. The summed E-state index contributed by atoms with van der Waals surface area (Å²) in [7, 11) is 0. The first kappa shape index (κ1) is 8.44. The van der Waals surface area contributed by atoms with Crippen molar-refractivity contribution in [2.24, 2.45) is 5.73 Å². The van der Waals surface area contributed by atoms with Crippen LogP contribution in [0.4, 0.5) is 0 Å². The molecular formula is C9H9NO2. The molecular weight excluding hydrogens is 154 g/mol. The number of phenolic OH excluding ortho intramolecular Hbond substituents is 2. The van der Waals surface area contributed by atoms with E-state index < -0.39 is 0 Å². The molecule has 0 aromatic heterocycles. The van der Waals surface area contributed by atoms with Gasteiger partial charge in [-0.3, -0.25) is 0 Å². The molecule has 0 unspecified atom stereocenters. The Labute approximate surface area is 70.5 Å². The third-order valence-electron chi connectivity index (χ3n) is 1.31. The zero-order chi connectivity index (χ0) is 8.97. The van der Waals surface area contributed by atoms with E-state index in [0.29, 0.717) is 5.56 Å². The molecule has 4 N–H and O–H groups in total. The Hall–Kier alpha value is -1.66. The minimum atomic E-state index is -0.168. The monoisotopic (exact) mass is 163 g/mol. The SMILES string of the molecule is NCC#Cc1ccc(O)c(O)c1. The Kier molecular flexibility index (Phi) is 2.57. The van der Waals surface area contributed by atoms with Crippen molar-refractivity contribution in [2.75, 3.05) is 6.54 Å². The number of rotatable bonds is 0. The predicted molar refractivity (Wildman–Crippen MR) is 45.7 cm³/mol. The van der Waals surface area contributed by atoms with Gasteiger partial charge >= 0.3 is 0 Å². The predicted octanol–water partition coefficient (Wildman–Crippen LogP) is 0.408. The highest BCUT2D eigenvalue weighted by atomic mass is 16.3. The van der Waals surface area contributed by atoms with E-state index in [0.717, 1.165) is 0 Å². The molecule has 0 heterocycles. The minimum absolute atomic E-state index is 0.145. The summed E-state index contributed by atoms with van der Waals surface area (Å²) < 4.78 is 0. The average molecular weight is 163 g/mol. The third-order valence-corrected chi connectivity index (χ3v) is 1.31. The summed E-state index contributed by atoms with van der Waals surface area (Å²) in [6.07, 6.45) is 0. The van der Waals surface area contributed by atoms with Crippen molar-refractivity contribution in [1.29, 1.82) is 0 Å². The van der Waals surface area contributed by atoms with Crippen LogP contribution in [0.2, 0.25) is 0 Å². The van der Waals surface area contributed by atoms with Crippen LogP contribution in [0.1, 0.15) is 5.56 Å². The summed E-state index contributed by atoms with van der Waals surface area (Å²) in [5.74, 6) is 5.05. The highest BCUT2D eigenvalue weighted by molar-refractivity contribution is 5.46. The van der Waals surface area contributed by atoms with Crippen LogP contribution >= 0.6 is 0 Å². The first-order valence-corrected chi connectivity index (χ1v) is 3.45. The summed E-state index contributed by atoms with van der Waals surface area (Å²) >= 11 is 0. The van der Waals surface area contributed by atoms with E-state index in [9.17, 15) is 0 Å². The Morgan fingerprint density at radius 3 is 2.58 bits per heavy atom.